The first-order valence-electron chi connectivity index (χ1n) is 4.92. The van der Waals surface area contributed by atoms with Gasteiger partial charge in [0.1, 0.15) is 12.1 Å². The Hall–Kier alpha value is -0.610. The summed E-state index contributed by atoms with van der Waals surface area (Å²) in [6.07, 6.45) is 0.421. The molecule has 0 fully saturated rings. The molecular weight excluding hydrogens is 182 g/mol. The summed E-state index contributed by atoms with van der Waals surface area (Å²) in [5, 5.41) is 0. The van der Waals surface area contributed by atoms with Crippen LogP contribution in [0.2, 0.25) is 0 Å². The van der Waals surface area contributed by atoms with E-state index < -0.39 is 6.04 Å². The largest absolute Gasteiger partial charge is 0.459 e. The zero-order valence-electron chi connectivity index (χ0n) is 9.45. The lowest BCUT2D eigenvalue weighted by Gasteiger charge is -2.17. The maximum absolute atomic E-state index is 11.4. The maximum Gasteiger partial charge on any atom is 0.323 e. The van der Waals surface area contributed by atoms with Crippen molar-refractivity contribution in [3.63, 3.8) is 0 Å². The Balaban J connectivity index is 3.82. The van der Waals surface area contributed by atoms with Crippen LogP contribution in [0.4, 0.5) is 0 Å². The van der Waals surface area contributed by atoms with E-state index in [9.17, 15) is 4.79 Å². The first-order valence-corrected chi connectivity index (χ1v) is 4.92. The summed E-state index contributed by atoms with van der Waals surface area (Å²) < 4.78 is 9.91. The molecule has 0 aromatic rings. The third-order valence-electron chi connectivity index (χ3n) is 1.75. The van der Waals surface area contributed by atoms with Crippen molar-refractivity contribution in [2.75, 3.05) is 13.7 Å². The maximum atomic E-state index is 11.4. The molecule has 14 heavy (non-hydrogen) atoms. The Bertz CT molecular complexity index is 171. The first-order chi connectivity index (χ1) is 6.47. The Labute approximate surface area is 85.8 Å². The van der Waals surface area contributed by atoms with Crippen molar-refractivity contribution < 1.29 is 14.3 Å². The molecule has 2 N–H and O–H groups in total. The number of nitrogens with two attached hydrogens (primary N) is 1. The van der Waals surface area contributed by atoms with E-state index in [0.717, 1.165) is 0 Å². The van der Waals surface area contributed by atoms with Crippen LogP contribution in [-0.2, 0) is 14.3 Å². The van der Waals surface area contributed by atoms with Crippen LogP contribution in [0.3, 0.4) is 0 Å². The molecule has 0 bridgehead atoms. The first kappa shape index (κ1) is 13.4. The molecule has 0 heterocycles. The van der Waals surface area contributed by atoms with Crippen LogP contribution in [0.25, 0.3) is 0 Å². The fourth-order valence-electron chi connectivity index (χ4n) is 1.16. The Morgan fingerprint density at radius 1 is 1.36 bits per heavy atom. The van der Waals surface area contributed by atoms with E-state index in [1.54, 1.807) is 14.0 Å². The van der Waals surface area contributed by atoms with Crippen molar-refractivity contribution in [2.45, 2.75) is 39.3 Å². The monoisotopic (exact) mass is 203 g/mol. The molecule has 0 aromatic carbocycles. The molecule has 4 heteroatoms. The van der Waals surface area contributed by atoms with Crippen LogP contribution >= 0.6 is 0 Å². The molecule has 1 unspecified atom stereocenters. The van der Waals surface area contributed by atoms with Gasteiger partial charge in [-0.25, -0.2) is 0 Å². The topological polar surface area (TPSA) is 61.5 Å². The van der Waals surface area contributed by atoms with E-state index >= 15 is 0 Å². The summed E-state index contributed by atoms with van der Waals surface area (Å²) in [6, 6.07) is -0.519. The predicted molar refractivity (Wildman–Crippen MR) is 54.9 cm³/mol. The van der Waals surface area contributed by atoms with Crippen LogP contribution in [0, 0.1) is 5.92 Å². The van der Waals surface area contributed by atoms with Gasteiger partial charge >= 0.3 is 5.97 Å². The van der Waals surface area contributed by atoms with Gasteiger partial charge in [-0.2, -0.15) is 0 Å². The van der Waals surface area contributed by atoms with Gasteiger partial charge in [-0.1, -0.05) is 13.8 Å². The average Bonchev–Trinajstić information content (AvgIpc) is 2.02. The summed E-state index contributed by atoms with van der Waals surface area (Å²) >= 11 is 0. The van der Waals surface area contributed by atoms with Gasteiger partial charge in [-0.15, -0.1) is 0 Å². The highest BCUT2D eigenvalue weighted by atomic mass is 16.6. The molecule has 0 aromatic heterocycles. The lowest BCUT2D eigenvalue weighted by atomic mass is 10.1. The highest BCUT2D eigenvalue weighted by molar-refractivity contribution is 5.75. The van der Waals surface area contributed by atoms with Gasteiger partial charge in [-0.3, -0.25) is 4.79 Å². The lowest BCUT2D eigenvalue weighted by molar-refractivity contribution is -0.152. The number of carbonyl (C=O) groups is 1. The number of methoxy groups -OCH3 is 1. The van der Waals surface area contributed by atoms with Gasteiger partial charge in [0.25, 0.3) is 0 Å². The van der Waals surface area contributed by atoms with Gasteiger partial charge in [-0.05, 0) is 19.3 Å². The summed E-state index contributed by atoms with van der Waals surface area (Å²) in [4.78, 5) is 11.4. The van der Waals surface area contributed by atoms with Crippen LogP contribution in [-0.4, -0.2) is 31.8 Å². The molecule has 84 valence electrons. The fraction of sp³-hybridized carbons (Fsp3) is 0.900. The smallest absolute Gasteiger partial charge is 0.323 e. The van der Waals surface area contributed by atoms with Gasteiger partial charge in [0, 0.05) is 7.11 Å². The van der Waals surface area contributed by atoms with E-state index in [-0.39, 0.29) is 12.1 Å². The average molecular weight is 203 g/mol. The van der Waals surface area contributed by atoms with Crippen molar-refractivity contribution in [2.24, 2.45) is 11.7 Å². The highest BCUT2D eigenvalue weighted by Crippen LogP contribution is 2.05. The van der Waals surface area contributed by atoms with Gasteiger partial charge < -0.3 is 15.2 Å². The zero-order valence-corrected chi connectivity index (χ0v) is 9.45. The van der Waals surface area contributed by atoms with Crippen molar-refractivity contribution in [1.82, 2.24) is 0 Å². The Morgan fingerprint density at radius 3 is 2.36 bits per heavy atom. The molecule has 4 nitrogen and oxygen atoms in total. The number of rotatable bonds is 6. The van der Waals surface area contributed by atoms with Crippen molar-refractivity contribution >= 4 is 5.97 Å². The molecule has 0 aliphatic heterocycles. The molecule has 0 spiro atoms. The van der Waals surface area contributed by atoms with Crippen LogP contribution in [0.5, 0.6) is 0 Å². The molecule has 2 atom stereocenters. The third kappa shape index (κ3) is 5.94. The number of esters is 1. The van der Waals surface area contributed by atoms with E-state index in [2.05, 4.69) is 0 Å². The van der Waals surface area contributed by atoms with E-state index in [1.807, 2.05) is 13.8 Å². The van der Waals surface area contributed by atoms with Gasteiger partial charge in [0.05, 0.1) is 6.61 Å². The molecule has 0 rings (SSSR count). The number of carbonyl (C=O) groups excluding carboxylic acids is 1. The van der Waals surface area contributed by atoms with Crippen molar-refractivity contribution in [1.29, 1.82) is 0 Å². The molecule has 0 aliphatic rings. The summed E-state index contributed by atoms with van der Waals surface area (Å²) in [6.45, 7) is 6.22. The van der Waals surface area contributed by atoms with Crippen molar-refractivity contribution in [3.8, 4) is 0 Å². The summed E-state index contributed by atoms with van der Waals surface area (Å²) in [5.74, 6) is 0.0542. The Kier molecular flexibility index (Phi) is 6.49. The highest BCUT2D eigenvalue weighted by Gasteiger charge is 2.18. The SMILES string of the molecule is COCC(C)OC(=O)[C@@H](N)CC(C)C. The second-order valence-electron chi connectivity index (χ2n) is 3.94. The van der Waals surface area contributed by atoms with Gasteiger partial charge in [0.15, 0.2) is 0 Å². The Morgan fingerprint density at radius 2 is 1.93 bits per heavy atom. The zero-order chi connectivity index (χ0) is 11.1. The molecule has 0 amide bonds. The minimum Gasteiger partial charge on any atom is -0.459 e. The van der Waals surface area contributed by atoms with E-state index in [4.69, 9.17) is 15.2 Å². The molecule has 0 aliphatic carbocycles. The molecule has 0 saturated heterocycles. The second kappa shape index (κ2) is 6.79. The van der Waals surface area contributed by atoms with Crippen LogP contribution in [0.15, 0.2) is 0 Å². The normalized spacial score (nSPS) is 15.3. The quantitative estimate of drug-likeness (QED) is 0.652. The predicted octanol–water partition coefficient (Wildman–Crippen LogP) is 0.938. The molecule has 0 radical (unpaired) electrons. The molecular formula is C10H21NO3. The van der Waals surface area contributed by atoms with Crippen LogP contribution in [0.1, 0.15) is 27.2 Å². The van der Waals surface area contributed by atoms with Crippen molar-refractivity contribution in [3.05, 3.63) is 0 Å². The minimum absolute atomic E-state index is 0.231. The van der Waals surface area contributed by atoms with E-state index in [0.29, 0.717) is 18.9 Å². The number of ether oxygens (including phenoxy) is 2. The molecule has 0 saturated carbocycles. The van der Waals surface area contributed by atoms with Gasteiger partial charge in [0.2, 0.25) is 0 Å². The minimum atomic E-state index is -0.519. The second-order valence-corrected chi connectivity index (χ2v) is 3.94. The van der Waals surface area contributed by atoms with E-state index in [1.165, 1.54) is 0 Å². The number of hydrogen-bond donors (Lipinski definition) is 1. The summed E-state index contributed by atoms with van der Waals surface area (Å²) in [7, 11) is 1.57. The standard InChI is InChI=1S/C10H21NO3/c1-7(2)5-9(11)10(12)14-8(3)6-13-4/h7-9H,5-6,11H2,1-4H3/t8?,9-/m0/s1. The van der Waals surface area contributed by atoms with Crippen LogP contribution < -0.4 is 5.73 Å². The summed E-state index contributed by atoms with van der Waals surface area (Å²) in [5.41, 5.74) is 5.65. The number of hydrogen-bond acceptors (Lipinski definition) is 4. The third-order valence-corrected chi connectivity index (χ3v) is 1.75. The fourth-order valence-corrected chi connectivity index (χ4v) is 1.16. The lowest BCUT2D eigenvalue weighted by Crippen LogP contribution is -2.36.